The molecule has 5 nitrogen and oxygen atoms in total. The number of carbonyl (C=O) groups is 1. The summed E-state index contributed by atoms with van der Waals surface area (Å²) in [5.41, 5.74) is 5.99. The van der Waals surface area contributed by atoms with Gasteiger partial charge in [0.25, 0.3) is 0 Å². The van der Waals surface area contributed by atoms with Crippen LogP contribution in [0.1, 0.15) is 37.6 Å². The molecule has 0 bridgehead atoms. The Balaban J connectivity index is 1.93. The predicted octanol–water partition coefficient (Wildman–Crippen LogP) is 3.60. The van der Waals surface area contributed by atoms with Crippen LogP contribution in [-0.2, 0) is 21.4 Å². The second-order valence-corrected chi connectivity index (χ2v) is 7.00. The Labute approximate surface area is 140 Å². The van der Waals surface area contributed by atoms with Crippen LogP contribution in [0.3, 0.4) is 0 Å². The molecule has 0 radical (unpaired) electrons. The highest BCUT2D eigenvalue weighted by Gasteiger charge is 2.12. The Bertz CT molecular complexity index is 685. The van der Waals surface area contributed by atoms with Gasteiger partial charge in [-0.15, -0.1) is 11.3 Å². The molecular formula is C17H21N3O2S. The summed E-state index contributed by atoms with van der Waals surface area (Å²) in [6.45, 7) is 6.56. The molecule has 0 spiro atoms. The second-order valence-electron chi connectivity index (χ2n) is 6.14. The third-order valence-corrected chi connectivity index (χ3v) is 4.05. The van der Waals surface area contributed by atoms with E-state index in [1.165, 1.54) is 24.0 Å². The number of rotatable bonds is 5. The van der Waals surface area contributed by atoms with E-state index in [4.69, 9.17) is 0 Å². The number of esters is 1. The first-order valence-electron chi connectivity index (χ1n) is 7.29. The normalized spacial score (nSPS) is 11.7. The molecule has 0 amide bonds. The first kappa shape index (κ1) is 17.1. The van der Waals surface area contributed by atoms with Crippen LogP contribution in [0.2, 0.25) is 0 Å². The van der Waals surface area contributed by atoms with Crippen LogP contribution in [0.15, 0.2) is 34.7 Å². The molecule has 2 aromatic rings. The van der Waals surface area contributed by atoms with E-state index < -0.39 is 0 Å². The molecule has 0 fully saturated rings. The first-order valence-corrected chi connectivity index (χ1v) is 8.17. The van der Waals surface area contributed by atoms with Crippen molar-refractivity contribution in [2.24, 2.45) is 5.10 Å². The Morgan fingerprint density at radius 1 is 1.35 bits per heavy atom. The molecule has 1 aromatic carbocycles. The SMILES string of the molecule is COC(=O)Cc1csc(N/N=C\c2ccc(C(C)(C)C)cc2)n1. The zero-order chi connectivity index (χ0) is 16.9. The maximum atomic E-state index is 11.2. The molecule has 0 saturated heterocycles. The van der Waals surface area contributed by atoms with Crippen LogP contribution in [-0.4, -0.2) is 24.3 Å². The van der Waals surface area contributed by atoms with Crippen LogP contribution in [0, 0.1) is 0 Å². The molecule has 0 atom stereocenters. The summed E-state index contributed by atoms with van der Waals surface area (Å²) in [5, 5.41) is 6.63. The van der Waals surface area contributed by atoms with Crippen LogP contribution < -0.4 is 5.43 Å². The number of ether oxygens (including phenoxy) is 1. The van der Waals surface area contributed by atoms with E-state index in [1.807, 2.05) is 17.5 Å². The van der Waals surface area contributed by atoms with E-state index in [0.717, 1.165) is 5.56 Å². The lowest BCUT2D eigenvalue weighted by Crippen LogP contribution is -2.10. The van der Waals surface area contributed by atoms with Gasteiger partial charge in [0, 0.05) is 5.38 Å². The molecule has 122 valence electrons. The molecule has 0 unspecified atom stereocenters. The van der Waals surface area contributed by atoms with Gasteiger partial charge in [-0.05, 0) is 16.5 Å². The Hall–Kier alpha value is -2.21. The van der Waals surface area contributed by atoms with Crippen molar-refractivity contribution in [1.82, 2.24) is 4.98 Å². The summed E-state index contributed by atoms with van der Waals surface area (Å²) in [7, 11) is 1.36. The number of thiazole rings is 1. The van der Waals surface area contributed by atoms with Gasteiger partial charge in [-0.25, -0.2) is 4.98 Å². The van der Waals surface area contributed by atoms with E-state index in [1.54, 1.807) is 6.21 Å². The lowest BCUT2D eigenvalue weighted by molar-refractivity contribution is -0.139. The van der Waals surface area contributed by atoms with Crippen molar-refractivity contribution in [3.05, 3.63) is 46.5 Å². The Kier molecular flexibility index (Phi) is 5.50. The van der Waals surface area contributed by atoms with Gasteiger partial charge >= 0.3 is 5.97 Å². The molecule has 0 aliphatic carbocycles. The summed E-state index contributed by atoms with van der Waals surface area (Å²) in [5.74, 6) is -0.302. The van der Waals surface area contributed by atoms with Gasteiger partial charge in [0.05, 0.1) is 25.4 Å². The number of carbonyl (C=O) groups excluding carboxylic acids is 1. The van der Waals surface area contributed by atoms with Gasteiger partial charge in [-0.3, -0.25) is 10.2 Å². The molecule has 2 rings (SSSR count). The van der Waals surface area contributed by atoms with Gasteiger partial charge in [0.15, 0.2) is 0 Å². The number of benzene rings is 1. The van der Waals surface area contributed by atoms with Crippen molar-refractivity contribution in [3.8, 4) is 0 Å². The van der Waals surface area contributed by atoms with Crippen molar-refractivity contribution >= 4 is 28.7 Å². The molecule has 0 aliphatic rings. The summed E-state index contributed by atoms with van der Waals surface area (Å²) in [6, 6.07) is 8.30. The molecule has 23 heavy (non-hydrogen) atoms. The van der Waals surface area contributed by atoms with Crippen molar-refractivity contribution in [2.75, 3.05) is 12.5 Å². The van der Waals surface area contributed by atoms with E-state index in [-0.39, 0.29) is 17.8 Å². The van der Waals surface area contributed by atoms with E-state index >= 15 is 0 Å². The minimum atomic E-state index is -0.302. The molecule has 6 heteroatoms. The fraction of sp³-hybridized carbons (Fsp3) is 0.353. The Morgan fingerprint density at radius 2 is 2.04 bits per heavy atom. The van der Waals surface area contributed by atoms with Gasteiger partial charge in [0.1, 0.15) is 0 Å². The number of hydrazone groups is 1. The topological polar surface area (TPSA) is 63.6 Å². The van der Waals surface area contributed by atoms with Crippen LogP contribution in [0.5, 0.6) is 0 Å². The standard InChI is InChI=1S/C17H21N3O2S/c1-17(2,3)13-7-5-12(6-8-13)10-18-20-16-19-14(11-23-16)9-15(21)22-4/h5-8,10-11H,9H2,1-4H3,(H,19,20)/b18-10-. The predicted molar refractivity (Wildman–Crippen MR) is 94.2 cm³/mol. The maximum Gasteiger partial charge on any atom is 0.311 e. The molecule has 1 aromatic heterocycles. The summed E-state index contributed by atoms with van der Waals surface area (Å²) >= 11 is 1.40. The number of hydrogen-bond donors (Lipinski definition) is 1. The van der Waals surface area contributed by atoms with Crippen LogP contribution >= 0.6 is 11.3 Å². The van der Waals surface area contributed by atoms with Crippen LogP contribution in [0.4, 0.5) is 5.13 Å². The minimum Gasteiger partial charge on any atom is -0.469 e. The largest absolute Gasteiger partial charge is 0.469 e. The van der Waals surface area contributed by atoms with Gasteiger partial charge in [0.2, 0.25) is 5.13 Å². The summed E-state index contributed by atoms with van der Waals surface area (Å²) < 4.78 is 4.61. The number of anilines is 1. The second kappa shape index (κ2) is 7.37. The zero-order valence-corrected chi connectivity index (χ0v) is 14.6. The van der Waals surface area contributed by atoms with Gasteiger partial charge < -0.3 is 4.74 Å². The van der Waals surface area contributed by atoms with E-state index in [2.05, 4.69) is 53.2 Å². The lowest BCUT2D eigenvalue weighted by atomic mass is 9.87. The lowest BCUT2D eigenvalue weighted by Gasteiger charge is -2.18. The van der Waals surface area contributed by atoms with Crippen LogP contribution in [0.25, 0.3) is 0 Å². The minimum absolute atomic E-state index is 0.144. The first-order chi connectivity index (χ1) is 10.9. The number of hydrogen-bond acceptors (Lipinski definition) is 6. The quantitative estimate of drug-likeness (QED) is 0.516. The molecule has 1 N–H and O–H groups in total. The highest BCUT2D eigenvalue weighted by Crippen LogP contribution is 2.22. The van der Waals surface area contributed by atoms with Crippen molar-refractivity contribution < 1.29 is 9.53 Å². The number of nitrogens with one attached hydrogen (secondary N) is 1. The van der Waals surface area contributed by atoms with Gasteiger partial charge in [-0.2, -0.15) is 5.10 Å². The fourth-order valence-corrected chi connectivity index (χ4v) is 2.55. The fourth-order valence-electron chi connectivity index (χ4n) is 1.89. The molecule has 1 heterocycles. The third-order valence-electron chi connectivity index (χ3n) is 3.26. The highest BCUT2D eigenvalue weighted by molar-refractivity contribution is 7.13. The van der Waals surface area contributed by atoms with Gasteiger partial charge in [-0.1, -0.05) is 45.0 Å². The molecular weight excluding hydrogens is 310 g/mol. The Morgan fingerprint density at radius 3 is 2.65 bits per heavy atom. The molecule has 0 aliphatic heterocycles. The average molecular weight is 331 g/mol. The van der Waals surface area contributed by atoms with Crippen molar-refractivity contribution in [3.63, 3.8) is 0 Å². The number of aromatic nitrogens is 1. The maximum absolute atomic E-state index is 11.2. The number of nitrogens with zero attached hydrogens (tertiary/aromatic N) is 2. The third kappa shape index (κ3) is 5.17. The van der Waals surface area contributed by atoms with Crippen molar-refractivity contribution in [2.45, 2.75) is 32.6 Å². The summed E-state index contributed by atoms with van der Waals surface area (Å²) in [4.78, 5) is 15.4. The van der Waals surface area contributed by atoms with E-state index in [9.17, 15) is 4.79 Å². The monoisotopic (exact) mass is 331 g/mol. The van der Waals surface area contributed by atoms with E-state index in [0.29, 0.717) is 10.8 Å². The smallest absolute Gasteiger partial charge is 0.311 e. The number of methoxy groups -OCH3 is 1. The van der Waals surface area contributed by atoms with Crippen molar-refractivity contribution in [1.29, 1.82) is 0 Å². The summed E-state index contributed by atoms with van der Waals surface area (Å²) in [6.07, 6.45) is 1.92. The zero-order valence-electron chi connectivity index (χ0n) is 13.8. The highest BCUT2D eigenvalue weighted by atomic mass is 32.1. The average Bonchev–Trinajstić information content (AvgIpc) is 2.94. The molecule has 0 saturated carbocycles.